The first kappa shape index (κ1) is 15.0. The van der Waals surface area contributed by atoms with Gasteiger partial charge in [0.2, 0.25) is 5.96 Å². The van der Waals surface area contributed by atoms with Gasteiger partial charge in [-0.15, -0.1) is 0 Å². The van der Waals surface area contributed by atoms with E-state index in [0.29, 0.717) is 5.96 Å². The van der Waals surface area contributed by atoms with E-state index in [2.05, 4.69) is 77.1 Å². The fourth-order valence-corrected chi connectivity index (χ4v) is 3.99. The van der Waals surface area contributed by atoms with Crippen LogP contribution in [0.15, 0.2) is 54.6 Å². The zero-order valence-corrected chi connectivity index (χ0v) is 14.7. The number of para-hydroxylation sites is 1. The van der Waals surface area contributed by atoms with Gasteiger partial charge in [-0.3, -0.25) is 15.4 Å². The topological polar surface area (TPSA) is 42.4 Å². The lowest BCUT2D eigenvalue weighted by Crippen LogP contribution is -2.45. The van der Waals surface area contributed by atoms with Crippen LogP contribution in [-0.2, 0) is 6.42 Å². The maximum Gasteiger partial charge on any atom is 0.214 e. The summed E-state index contributed by atoms with van der Waals surface area (Å²) >= 11 is 0. The number of nitrogens with one attached hydrogen (secondary N) is 2. The third kappa shape index (κ3) is 2.19. The number of benzene rings is 3. The number of fused-ring (bicyclic) bond motifs is 1. The molecule has 128 valence electrons. The van der Waals surface area contributed by atoms with Crippen molar-refractivity contribution in [2.75, 3.05) is 23.9 Å². The predicted molar refractivity (Wildman–Crippen MR) is 109 cm³/mol. The Balaban J connectivity index is 1.44. The van der Waals surface area contributed by atoms with Crippen LogP contribution in [0.2, 0.25) is 0 Å². The van der Waals surface area contributed by atoms with Crippen LogP contribution in [0.4, 0.5) is 11.4 Å². The summed E-state index contributed by atoms with van der Waals surface area (Å²) in [6.45, 7) is 0.897. The van der Waals surface area contributed by atoms with Crippen LogP contribution in [0.5, 0.6) is 0 Å². The Kier molecular flexibility index (Phi) is 3.25. The van der Waals surface area contributed by atoms with Gasteiger partial charge in [0.05, 0.1) is 5.69 Å². The van der Waals surface area contributed by atoms with Crippen molar-refractivity contribution < 1.29 is 0 Å². The molecule has 1 aliphatic carbocycles. The number of nitrogens with zero attached hydrogens (tertiary/aromatic N) is 2. The van der Waals surface area contributed by atoms with E-state index in [4.69, 9.17) is 5.41 Å². The minimum absolute atomic E-state index is 0.370. The highest BCUT2D eigenvalue weighted by molar-refractivity contribution is 6.10. The van der Waals surface area contributed by atoms with Crippen molar-refractivity contribution in [2.45, 2.75) is 6.42 Å². The van der Waals surface area contributed by atoms with Crippen LogP contribution < -0.4 is 10.3 Å². The molecule has 3 aromatic carbocycles. The molecule has 0 saturated carbocycles. The van der Waals surface area contributed by atoms with Gasteiger partial charge in [0, 0.05) is 24.8 Å². The van der Waals surface area contributed by atoms with Gasteiger partial charge in [-0.05, 0) is 40.5 Å². The van der Waals surface area contributed by atoms with E-state index in [1.807, 2.05) is 12.1 Å². The van der Waals surface area contributed by atoms with Crippen molar-refractivity contribution in [3.05, 3.63) is 71.3 Å². The normalized spacial score (nSPS) is 14.0. The van der Waals surface area contributed by atoms with E-state index in [0.717, 1.165) is 24.2 Å². The Hall–Kier alpha value is -3.27. The summed E-state index contributed by atoms with van der Waals surface area (Å²) in [6, 6.07) is 19.0. The molecule has 0 amide bonds. The molecule has 0 bridgehead atoms. The first-order valence-electron chi connectivity index (χ1n) is 8.91. The van der Waals surface area contributed by atoms with Crippen LogP contribution in [0.1, 0.15) is 16.7 Å². The second-order valence-corrected chi connectivity index (χ2v) is 6.80. The highest BCUT2D eigenvalue weighted by Crippen LogP contribution is 2.36. The lowest BCUT2D eigenvalue weighted by atomic mass is 10.0. The number of guanidine groups is 1. The minimum Gasteiger partial charge on any atom is -0.324 e. The molecule has 4 heteroatoms. The summed E-state index contributed by atoms with van der Waals surface area (Å²) < 4.78 is 0. The van der Waals surface area contributed by atoms with Crippen LogP contribution in [0.3, 0.4) is 0 Å². The fraction of sp³-hybridized carbons (Fsp3) is 0.136. The molecule has 3 aromatic rings. The molecule has 26 heavy (non-hydrogen) atoms. The first-order valence-corrected chi connectivity index (χ1v) is 8.91. The molecular formula is C22H20N4. The van der Waals surface area contributed by atoms with Gasteiger partial charge in [0.15, 0.2) is 0 Å². The monoisotopic (exact) mass is 340 g/mol. The lowest BCUT2D eigenvalue weighted by Gasteiger charge is -2.32. The van der Waals surface area contributed by atoms with E-state index in [1.165, 1.54) is 27.6 Å². The zero-order valence-electron chi connectivity index (χ0n) is 14.7. The Morgan fingerprint density at radius 2 is 1.92 bits per heavy atom. The van der Waals surface area contributed by atoms with Crippen molar-refractivity contribution >= 4 is 40.3 Å². The molecule has 0 spiro atoms. The Morgan fingerprint density at radius 1 is 1.04 bits per heavy atom. The first-order chi connectivity index (χ1) is 12.7. The highest BCUT2D eigenvalue weighted by Gasteiger charge is 2.24. The summed E-state index contributed by atoms with van der Waals surface area (Å²) in [5, 5.41) is 18.5. The molecule has 4 nitrogen and oxygen atoms in total. The largest absolute Gasteiger partial charge is 0.324 e. The van der Waals surface area contributed by atoms with Gasteiger partial charge in [-0.1, -0.05) is 54.6 Å². The van der Waals surface area contributed by atoms with Gasteiger partial charge in [-0.25, -0.2) is 0 Å². The Labute approximate surface area is 152 Å². The SMILES string of the molecule is CN(C(=N)Nc1ccc2cccc3c2c1C=C3)N1CCc2ccccc21. The van der Waals surface area contributed by atoms with Crippen LogP contribution >= 0.6 is 0 Å². The summed E-state index contributed by atoms with van der Waals surface area (Å²) in [6.07, 6.45) is 5.30. The van der Waals surface area contributed by atoms with E-state index in [-0.39, 0.29) is 0 Å². The number of hydrogen-bond donors (Lipinski definition) is 2. The van der Waals surface area contributed by atoms with E-state index < -0.39 is 0 Å². The molecule has 0 radical (unpaired) electrons. The third-order valence-corrected chi connectivity index (χ3v) is 5.35. The lowest BCUT2D eigenvalue weighted by molar-refractivity contribution is 0.465. The standard InChI is InChI=1S/C22H20N4/c1-25(26-14-13-15-5-2-3-8-20(15)26)22(23)24-19-12-10-17-7-4-6-16-9-11-18(19)21(16)17/h2-12H,13-14H2,1H3,(H2,23,24). The fourth-order valence-electron chi connectivity index (χ4n) is 3.99. The van der Waals surface area contributed by atoms with Crippen LogP contribution in [0.25, 0.3) is 22.9 Å². The Morgan fingerprint density at radius 3 is 2.85 bits per heavy atom. The molecular weight excluding hydrogens is 320 g/mol. The van der Waals surface area contributed by atoms with Crippen molar-refractivity contribution in [3.8, 4) is 0 Å². The molecule has 0 fully saturated rings. The van der Waals surface area contributed by atoms with Gasteiger partial charge in [-0.2, -0.15) is 0 Å². The van der Waals surface area contributed by atoms with Crippen molar-refractivity contribution in [2.24, 2.45) is 0 Å². The van der Waals surface area contributed by atoms with Crippen LogP contribution in [0, 0.1) is 5.41 Å². The average Bonchev–Trinajstić information content (AvgIpc) is 3.29. The summed E-state index contributed by atoms with van der Waals surface area (Å²) in [7, 11) is 1.94. The summed E-state index contributed by atoms with van der Waals surface area (Å²) in [5.74, 6) is 0.370. The molecule has 1 aliphatic heterocycles. The van der Waals surface area contributed by atoms with Crippen molar-refractivity contribution in [1.29, 1.82) is 5.41 Å². The number of rotatable bonds is 2. The Bertz CT molecular complexity index is 1070. The minimum atomic E-state index is 0.370. The molecule has 1 heterocycles. The molecule has 0 aromatic heterocycles. The molecule has 2 aliphatic rings. The van der Waals surface area contributed by atoms with Crippen molar-refractivity contribution in [3.63, 3.8) is 0 Å². The molecule has 0 unspecified atom stereocenters. The second kappa shape index (κ2) is 5.63. The smallest absolute Gasteiger partial charge is 0.214 e. The summed E-state index contributed by atoms with van der Waals surface area (Å²) in [5.41, 5.74) is 5.91. The highest BCUT2D eigenvalue weighted by atomic mass is 15.7. The molecule has 2 N–H and O–H groups in total. The zero-order chi connectivity index (χ0) is 17.7. The third-order valence-electron chi connectivity index (χ3n) is 5.35. The van der Waals surface area contributed by atoms with Gasteiger partial charge < -0.3 is 5.32 Å². The molecule has 0 atom stereocenters. The molecule has 5 rings (SSSR count). The average molecular weight is 340 g/mol. The van der Waals surface area contributed by atoms with Gasteiger partial charge in [0.25, 0.3) is 0 Å². The maximum atomic E-state index is 8.58. The maximum absolute atomic E-state index is 8.58. The quantitative estimate of drug-likeness (QED) is 0.415. The molecule has 0 saturated heterocycles. The van der Waals surface area contributed by atoms with E-state index >= 15 is 0 Å². The van der Waals surface area contributed by atoms with Gasteiger partial charge >= 0.3 is 0 Å². The number of hydrogen-bond acceptors (Lipinski definition) is 2. The predicted octanol–water partition coefficient (Wildman–Crippen LogP) is 4.58. The van der Waals surface area contributed by atoms with Crippen LogP contribution in [-0.4, -0.2) is 24.6 Å². The van der Waals surface area contributed by atoms with E-state index in [9.17, 15) is 0 Å². The van der Waals surface area contributed by atoms with E-state index in [1.54, 1.807) is 0 Å². The van der Waals surface area contributed by atoms with Gasteiger partial charge in [0.1, 0.15) is 0 Å². The number of anilines is 2. The summed E-state index contributed by atoms with van der Waals surface area (Å²) in [4.78, 5) is 0. The second-order valence-electron chi connectivity index (χ2n) is 6.80. The number of hydrazine groups is 1. The van der Waals surface area contributed by atoms with Crippen molar-refractivity contribution in [1.82, 2.24) is 5.01 Å².